The second-order valence-electron chi connectivity index (χ2n) is 7.44. The Balaban J connectivity index is 1.91. The molecular weight excluding hydrogens is 435 g/mol. The summed E-state index contributed by atoms with van der Waals surface area (Å²) < 4.78 is 64.8. The van der Waals surface area contributed by atoms with Crippen LogP contribution < -0.4 is 0 Å². The lowest BCUT2D eigenvalue weighted by Gasteiger charge is -2.26. The fraction of sp³-hybridized carbons (Fsp3) is 0.429. The molecule has 0 N–H and O–H groups in total. The number of hydrogen-bond donors (Lipinski definition) is 0. The molecule has 0 fully saturated rings. The van der Waals surface area contributed by atoms with Gasteiger partial charge in [-0.2, -0.15) is 21.6 Å². The van der Waals surface area contributed by atoms with E-state index in [0.717, 1.165) is 37.7 Å². The Kier molecular flexibility index (Phi) is 6.70. The minimum Gasteiger partial charge on any atom is -0.266 e. The molecule has 0 aliphatic carbocycles. The van der Waals surface area contributed by atoms with Crippen molar-refractivity contribution in [1.29, 1.82) is 0 Å². The Bertz CT molecular complexity index is 1110. The fourth-order valence-corrected chi connectivity index (χ4v) is 4.03. The fourth-order valence-electron chi connectivity index (χ4n) is 3.61. The Hall–Kier alpha value is -2.46. The minimum atomic E-state index is -6.19. The summed E-state index contributed by atoms with van der Waals surface area (Å²) in [5.41, 5.74) is -5.17. The highest BCUT2D eigenvalue weighted by molar-refractivity contribution is 7.87. The van der Waals surface area contributed by atoms with Gasteiger partial charge in [-0.25, -0.2) is 0 Å². The first-order valence-corrected chi connectivity index (χ1v) is 11.4. The zero-order valence-corrected chi connectivity index (χ0v) is 17.7. The quantitative estimate of drug-likeness (QED) is 0.297. The predicted octanol–water partition coefficient (Wildman–Crippen LogP) is 5.12. The maximum Gasteiger partial charge on any atom is 0.525 e. The van der Waals surface area contributed by atoms with Crippen molar-refractivity contribution in [3.8, 4) is 0 Å². The van der Waals surface area contributed by atoms with Gasteiger partial charge in [0.05, 0.1) is 11.1 Å². The van der Waals surface area contributed by atoms with Crippen LogP contribution in [-0.4, -0.2) is 30.8 Å². The molecule has 2 aromatic rings. The molecule has 1 aliphatic heterocycles. The second-order valence-corrected chi connectivity index (χ2v) is 8.96. The van der Waals surface area contributed by atoms with E-state index >= 15 is 0 Å². The first kappa shape index (κ1) is 23.2. The molecule has 0 spiro atoms. The van der Waals surface area contributed by atoms with Crippen LogP contribution in [0.15, 0.2) is 30.3 Å². The third-order valence-electron chi connectivity index (χ3n) is 5.14. The monoisotopic (exact) mass is 457 g/mol. The predicted molar refractivity (Wildman–Crippen MR) is 108 cm³/mol. The van der Waals surface area contributed by atoms with Crippen LogP contribution in [-0.2, 0) is 20.8 Å². The van der Waals surface area contributed by atoms with Crippen LogP contribution in [0.1, 0.15) is 71.7 Å². The highest BCUT2D eigenvalue weighted by Crippen LogP contribution is 2.34. The van der Waals surface area contributed by atoms with Gasteiger partial charge in [0.25, 0.3) is 11.8 Å². The standard InChI is InChI=1S/C21H22F3NO5S/c1-2-3-4-5-6-7-9-14-12-15-10-8-11-16-18(15)17(13-14)20(27)25(19(16)26)30-31(28,29)21(22,23)24/h8,10-13H,2-7,9H2,1H3. The van der Waals surface area contributed by atoms with Crippen LogP contribution in [0.2, 0.25) is 0 Å². The maximum atomic E-state index is 12.8. The summed E-state index contributed by atoms with van der Waals surface area (Å²) in [7, 11) is -6.19. The summed E-state index contributed by atoms with van der Waals surface area (Å²) >= 11 is 0. The number of nitrogens with zero attached hydrogens (tertiary/aromatic N) is 1. The van der Waals surface area contributed by atoms with E-state index in [9.17, 15) is 31.2 Å². The number of carbonyl (C=O) groups excluding carboxylic acids is 2. The molecule has 168 valence electrons. The number of hydrogen-bond acceptors (Lipinski definition) is 5. The Morgan fingerprint density at radius 2 is 1.58 bits per heavy atom. The van der Waals surface area contributed by atoms with Gasteiger partial charge in [0.2, 0.25) is 0 Å². The molecule has 1 aliphatic rings. The lowest BCUT2D eigenvalue weighted by atomic mass is 9.91. The highest BCUT2D eigenvalue weighted by Gasteiger charge is 2.51. The number of rotatable bonds is 9. The van der Waals surface area contributed by atoms with E-state index in [4.69, 9.17) is 0 Å². The summed E-state index contributed by atoms with van der Waals surface area (Å²) in [4.78, 5) is 25.3. The molecule has 0 unspecified atom stereocenters. The number of aryl methyl sites for hydroxylation is 1. The minimum absolute atomic E-state index is 0.0638. The second kappa shape index (κ2) is 8.96. The number of imide groups is 1. The molecule has 2 aromatic carbocycles. The average molecular weight is 457 g/mol. The molecule has 6 nitrogen and oxygen atoms in total. The van der Waals surface area contributed by atoms with Gasteiger partial charge < -0.3 is 0 Å². The third kappa shape index (κ3) is 4.74. The first-order chi connectivity index (χ1) is 14.6. The lowest BCUT2D eigenvalue weighted by molar-refractivity contribution is -0.0761. The number of halogens is 3. The number of hydroxylamine groups is 2. The molecule has 10 heteroatoms. The number of unbranched alkanes of at least 4 members (excludes halogenated alkanes) is 5. The SMILES string of the molecule is CCCCCCCCc1cc2c3c(cccc3c1)C(=O)N(OS(=O)(=O)C(F)(F)F)C2=O. The number of alkyl halides is 3. The topological polar surface area (TPSA) is 80.8 Å². The third-order valence-corrected chi connectivity index (χ3v) is 6.05. The molecule has 2 amide bonds. The van der Waals surface area contributed by atoms with Gasteiger partial charge in [-0.3, -0.25) is 9.59 Å². The van der Waals surface area contributed by atoms with Crippen LogP contribution in [0.3, 0.4) is 0 Å². The van der Waals surface area contributed by atoms with Gasteiger partial charge in [-0.15, -0.1) is 9.35 Å². The van der Waals surface area contributed by atoms with Crippen molar-refractivity contribution in [2.45, 2.75) is 57.4 Å². The molecule has 3 rings (SSSR count). The van der Waals surface area contributed by atoms with Crippen LogP contribution in [0.4, 0.5) is 13.2 Å². The zero-order valence-electron chi connectivity index (χ0n) is 16.9. The number of benzene rings is 2. The van der Waals surface area contributed by atoms with Gasteiger partial charge in [0, 0.05) is 5.39 Å². The van der Waals surface area contributed by atoms with Gasteiger partial charge in [0.15, 0.2) is 0 Å². The van der Waals surface area contributed by atoms with Gasteiger partial charge >= 0.3 is 15.6 Å². The van der Waals surface area contributed by atoms with E-state index in [-0.39, 0.29) is 21.6 Å². The summed E-state index contributed by atoms with van der Waals surface area (Å²) in [6.45, 7) is 2.13. The summed E-state index contributed by atoms with van der Waals surface area (Å²) in [5.74, 6) is -2.51. The normalized spacial score (nSPS) is 14.5. The van der Waals surface area contributed by atoms with Gasteiger partial charge in [-0.05, 0) is 35.9 Å². The average Bonchev–Trinajstić information content (AvgIpc) is 2.70. The maximum absolute atomic E-state index is 12.8. The van der Waals surface area contributed by atoms with Gasteiger partial charge in [-0.1, -0.05) is 57.2 Å². The van der Waals surface area contributed by atoms with Crippen molar-refractivity contribution in [3.05, 3.63) is 47.0 Å². The summed E-state index contributed by atoms with van der Waals surface area (Å²) in [6.07, 6.45) is 7.04. The van der Waals surface area contributed by atoms with E-state index in [2.05, 4.69) is 11.2 Å². The molecule has 31 heavy (non-hydrogen) atoms. The van der Waals surface area contributed by atoms with E-state index in [1.54, 1.807) is 6.07 Å². The van der Waals surface area contributed by atoms with Crippen molar-refractivity contribution in [1.82, 2.24) is 5.06 Å². The Labute approximate surface area is 178 Å². The van der Waals surface area contributed by atoms with E-state index in [0.29, 0.717) is 11.8 Å². The molecule has 0 aromatic heterocycles. The molecule has 0 atom stereocenters. The highest BCUT2D eigenvalue weighted by atomic mass is 32.2. The molecule has 0 radical (unpaired) electrons. The van der Waals surface area contributed by atoms with Crippen molar-refractivity contribution < 1.29 is 35.5 Å². The molecule has 0 saturated carbocycles. The molecule has 0 saturated heterocycles. The largest absolute Gasteiger partial charge is 0.525 e. The van der Waals surface area contributed by atoms with Crippen molar-refractivity contribution >= 4 is 32.7 Å². The van der Waals surface area contributed by atoms with Gasteiger partial charge in [0.1, 0.15) is 0 Å². The lowest BCUT2D eigenvalue weighted by Crippen LogP contribution is -2.44. The Morgan fingerprint density at radius 3 is 2.26 bits per heavy atom. The van der Waals surface area contributed by atoms with Crippen molar-refractivity contribution in [2.24, 2.45) is 0 Å². The van der Waals surface area contributed by atoms with Crippen LogP contribution in [0.5, 0.6) is 0 Å². The molecule has 1 heterocycles. The van der Waals surface area contributed by atoms with Crippen LogP contribution in [0, 0.1) is 0 Å². The summed E-state index contributed by atoms with van der Waals surface area (Å²) in [6, 6.07) is 7.84. The number of carbonyl (C=O) groups is 2. The Morgan fingerprint density at radius 1 is 0.935 bits per heavy atom. The zero-order chi connectivity index (χ0) is 22.8. The summed E-state index contributed by atoms with van der Waals surface area (Å²) in [5, 5.41) is 0.526. The molecule has 0 bridgehead atoms. The smallest absolute Gasteiger partial charge is 0.266 e. The van der Waals surface area contributed by atoms with Crippen LogP contribution in [0.25, 0.3) is 10.8 Å². The van der Waals surface area contributed by atoms with Crippen molar-refractivity contribution in [2.75, 3.05) is 0 Å². The number of amides is 2. The van der Waals surface area contributed by atoms with E-state index in [1.807, 2.05) is 6.07 Å². The van der Waals surface area contributed by atoms with Crippen molar-refractivity contribution in [3.63, 3.8) is 0 Å². The molecular formula is C21H22F3NO5S. The first-order valence-electron chi connectivity index (χ1n) is 10.0. The van der Waals surface area contributed by atoms with E-state index in [1.165, 1.54) is 24.6 Å². The van der Waals surface area contributed by atoms with E-state index < -0.39 is 27.4 Å². The van der Waals surface area contributed by atoms with Crippen LogP contribution >= 0.6 is 0 Å².